The van der Waals surface area contributed by atoms with Gasteiger partial charge >= 0.3 is 0 Å². The average Bonchev–Trinajstić information content (AvgIpc) is 2.06. The van der Waals surface area contributed by atoms with Crippen LogP contribution in [-0.4, -0.2) is 19.7 Å². The van der Waals surface area contributed by atoms with Crippen molar-refractivity contribution in [2.24, 2.45) is 11.7 Å². The minimum atomic E-state index is 0.485. The standard InChI is InChI=1S/C8H18N2O/c1-11-10-8-5-3-2-4-7(8)6-9/h7-8,10H,2-6,9H2,1H3. The highest BCUT2D eigenvalue weighted by molar-refractivity contribution is 4.78. The van der Waals surface area contributed by atoms with E-state index in [0.717, 1.165) is 6.54 Å². The summed E-state index contributed by atoms with van der Waals surface area (Å²) in [5.74, 6) is 0.615. The zero-order valence-corrected chi connectivity index (χ0v) is 7.18. The molecule has 1 aliphatic carbocycles. The monoisotopic (exact) mass is 158 g/mol. The van der Waals surface area contributed by atoms with E-state index in [0.29, 0.717) is 12.0 Å². The first-order valence-corrected chi connectivity index (χ1v) is 4.37. The van der Waals surface area contributed by atoms with Gasteiger partial charge in [-0.05, 0) is 25.3 Å². The van der Waals surface area contributed by atoms with Gasteiger partial charge in [0.15, 0.2) is 0 Å². The minimum Gasteiger partial charge on any atom is -0.330 e. The fourth-order valence-corrected chi connectivity index (χ4v) is 1.80. The van der Waals surface area contributed by atoms with Gasteiger partial charge in [-0.2, -0.15) is 5.48 Å². The van der Waals surface area contributed by atoms with Gasteiger partial charge in [0, 0.05) is 6.04 Å². The molecule has 0 saturated heterocycles. The van der Waals surface area contributed by atoms with Gasteiger partial charge < -0.3 is 10.6 Å². The van der Waals surface area contributed by atoms with Crippen molar-refractivity contribution in [3.8, 4) is 0 Å². The molecule has 0 aromatic rings. The Balaban J connectivity index is 2.31. The van der Waals surface area contributed by atoms with Crippen molar-refractivity contribution in [2.45, 2.75) is 31.7 Å². The third-order valence-corrected chi connectivity index (χ3v) is 2.48. The van der Waals surface area contributed by atoms with Crippen LogP contribution < -0.4 is 11.2 Å². The van der Waals surface area contributed by atoms with Gasteiger partial charge in [-0.25, -0.2) is 0 Å². The van der Waals surface area contributed by atoms with E-state index in [1.165, 1.54) is 25.7 Å². The Kier molecular flexibility index (Phi) is 3.83. The molecule has 2 atom stereocenters. The summed E-state index contributed by atoms with van der Waals surface area (Å²) in [7, 11) is 1.67. The summed E-state index contributed by atoms with van der Waals surface area (Å²) in [5.41, 5.74) is 8.63. The van der Waals surface area contributed by atoms with Gasteiger partial charge in [0.05, 0.1) is 7.11 Å². The van der Waals surface area contributed by atoms with E-state index < -0.39 is 0 Å². The van der Waals surface area contributed by atoms with Gasteiger partial charge in [0.1, 0.15) is 0 Å². The molecule has 3 nitrogen and oxygen atoms in total. The Labute approximate surface area is 68.2 Å². The van der Waals surface area contributed by atoms with Gasteiger partial charge in [-0.3, -0.25) is 0 Å². The lowest BCUT2D eigenvalue weighted by molar-refractivity contribution is 0.0292. The lowest BCUT2D eigenvalue weighted by Crippen LogP contribution is -2.41. The third kappa shape index (κ3) is 2.43. The fraction of sp³-hybridized carbons (Fsp3) is 1.00. The summed E-state index contributed by atoms with van der Waals surface area (Å²) < 4.78 is 0. The zero-order chi connectivity index (χ0) is 8.10. The molecule has 1 aliphatic rings. The summed E-state index contributed by atoms with van der Waals surface area (Å²) in [5, 5.41) is 0. The van der Waals surface area contributed by atoms with Crippen molar-refractivity contribution in [1.29, 1.82) is 0 Å². The number of hydroxylamine groups is 1. The second kappa shape index (κ2) is 4.70. The van der Waals surface area contributed by atoms with Gasteiger partial charge in [0.25, 0.3) is 0 Å². The zero-order valence-electron chi connectivity index (χ0n) is 7.18. The maximum Gasteiger partial charge on any atom is 0.0572 e. The van der Waals surface area contributed by atoms with Crippen LogP contribution in [0.1, 0.15) is 25.7 Å². The van der Waals surface area contributed by atoms with E-state index in [9.17, 15) is 0 Å². The van der Waals surface area contributed by atoms with Crippen LogP contribution in [0.3, 0.4) is 0 Å². The van der Waals surface area contributed by atoms with Crippen molar-refractivity contribution >= 4 is 0 Å². The topological polar surface area (TPSA) is 47.3 Å². The molecule has 2 unspecified atom stereocenters. The number of hydrogen-bond donors (Lipinski definition) is 2. The third-order valence-electron chi connectivity index (χ3n) is 2.48. The van der Waals surface area contributed by atoms with E-state index in [4.69, 9.17) is 10.6 Å². The predicted molar refractivity (Wildman–Crippen MR) is 44.9 cm³/mol. The predicted octanol–water partition coefficient (Wildman–Crippen LogP) is 0.655. The number of nitrogens with two attached hydrogens (primary N) is 1. The van der Waals surface area contributed by atoms with Gasteiger partial charge in [0.2, 0.25) is 0 Å². The highest BCUT2D eigenvalue weighted by atomic mass is 16.6. The minimum absolute atomic E-state index is 0.485. The Morgan fingerprint density at radius 2 is 2.18 bits per heavy atom. The quantitative estimate of drug-likeness (QED) is 0.593. The van der Waals surface area contributed by atoms with E-state index in [-0.39, 0.29) is 0 Å². The molecule has 0 heterocycles. The van der Waals surface area contributed by atoms with Crippen LogP contribution >= 0.6 is 0 Å². The highest BCUT2D eigenvalue weighted by Crippen LogP contribution is 2.23. The molecule has 1 rings (SSSR count). The molecule has 0 aliphatic heterocycles. The normalized spacial score (nSPS) is 32.2. The summed E-state index contributed by atoms with van der Waals surface area (Å²) in [6.45, 7) is 0.779. The first-order chi connectivity index (χ1) is 5.38. The Hall–Kier alpha value is -0.120. The summed E-state index contributed by atoms with van der Waals surface area (Å²) in [4.78, 5) is 4.91. The number of hydrogen-bond acceptors (Lipinski definition) is 3. The molecule has 1 fully saturated rings. The first-order valence-electron chi connectivity index (χ1n) is 4.37. The first kappa shape index (κ1) is 8.97. The van der Waals surface area contributed by atoms with E-state index in [2.05, 4.69) is 5.48 Å². The smallest absolute Gasteiger partial charge is 0.0572 e. The van der Waals surface area contributed by atoms with Crippen LogP contribution in [0, 0.1) is 5.92 Å². The van der Waals surface area contributed by atoms with Gasteiger partial charge in [-0.15, -0.1) is 0 Å². The van der Waals surface area contributed by atoms with Crippen LogP contribution in [-0.2, 0) is 4.84 Å². The second-order valence-corrected chi connectivity index (χ2v) is 3.21. The number of rotatable bonds is 3. The molecule has 66 valence electrons. The molecule has 0 aromatic carbocycles. The van der Waals surface area contributed by atoms with Crippen LogP contribution in [0.2, 0.25) is 0 Å². The second-order valence-electron chi connectivity index (χ2n) is 3.21. The van der Waals surface area contributed by atoms with E-state index in [1.54, 1.807) is 7.11 Å². The maximum atomic E-state index is 5.63. The molecular weight excluding hydrogens is 140 g/mol. The van der Waals surface area contributed by atoms with Crippen molar-refractivity contribution in [2.75, 3.05) is 13.7 Å². The van der Waals surface area contributed by atoms with Crippen molar-refractivity contribution < 1.29 is 4.84 Å². The van der Waals surface area contributed by atoms with Gasteiger partial charge in [-0.1, -0.05) is 12.8 Å². The molecule has 3 N–H and O–H groups in total. The highest BCUT2D eigenvalue weighted by Gasteiger charge is 2.23. The summed E-state index contributed by atoms with van der Waals surface area (Å²) >= 11 is 0. The lowest BCUT2D eigenvalue weighted by atomic mass is 9.85. The summed E-state index contributed by atoms with van der Waals surface area (Å²) in [6.07, 6.45) is 5.08. The number of nitrogens with one attached hydrogen (secondary N) is 1. The van der Waals surface area contributed by atoms with Crippen molar-refractivity contribution in [3.63, 3.8) is 0 Å². The molecule has 1 saturated carbocycles. The lowest BCUT2D eigenvalue weighted by Gasteiger charge is -2.30. The molecule has 0 amide bonds. The van der Waals surface area contributed by atoms with E-state index >= 15 is 0 Å². The molecule has 11 heavy (non-hydrogen) atoms. The van der Waals surface area contributed by atoms with Crippen LogP contribution in [0.15, 0.2) is 0 Å². The molecule has 0 bridgehead atoms. The molecular formula is C8H18N2O. The largest absolute Gasteiger partial charge is 0.330 e. The Morgan fingerprint density at radius 3 is 2.82 bits per heavy atom. The Bertz CT molecular complexity index is 106. The molecule has 0 radical (unpaired) electrons. The SMILES string of the molecule is CONC1CCCCC1CN. The van der Waals surface area contributed by atoms with Crippen LogP contribution in [0.5, 0.6) is 0 Å². The maximum absolute atomic E-state index is 5.63. The molecule has 0 spiro atoms. The molecule has 3 heteroatoms. The summed E-state index contributed by atoms with van der Waals surface area (Å²) in [6, 6.07) is 0.485. The average molecular weight is 158 g/mol. The molecule has 0 aromatic heterocycles. The van der Waals surface area contributed by atoms with Crippen LogP contribution in [0.25, 0.3) is 0 Å². The van der Waals surface area contributed by atoms with E-state index in [1.807, 2.05) is 0 Å². The van der Waals surface area contributed by atoms with Crippen molar-refractivity contribution in [1.82, 2.24) is 5.48 Å². The van der Waals surface area contributed by atoms with Crippen LogP contribution in [0.4, 0.5) is 0 Å². The van der Waals surface area contributed by atoms with Crippen molar-refractivity contribution in [3.05, 3.63) is 0 Å². The fourth-order valence-electron chi connectivity index (χ4n) is 1.80. The Morgan fingerprint density at radius 1 is 1.45 bits per heavy atom.